The van der Waals surface area contributed by atoms with Crippen LogP contribution in [0.15, 0.2) is 12.7 Å². The number of hydrogen-bond acceptors (Lipinski definition) is 6. The first kappa shape index (κ1) is 10.2. The van der Waals surface area contributed by atoms with Gasteiger partial charge in [-0.15, -0.1) is 0 Å². The molecule has 1 aliphatic heterocycles. The molecule has 4 atom stereocenters. The van der Waals surface area contributed by atoms with Gasteiger partial charge >= 0.3 is 0 Å². The highest BCUT2D eigenvalue weighted by Crippen LogP contribution is 2.48. The van der Waals surface area contributed by atoms with Crippen LogP contribution in [-0.4, -0.2) is 43.9 Å². The van der Waals surface area contributed by atoms with Gasteiger partial charge in [0.1, 0.15) is 11.8 Å². The van der Waals surface area contributed by atoms with Gasteiger partial charge in [-0.25, -0.2) is 15.0 Å². The van der Waals surface area contributed by atoms with Crippen LogP contribution in [0.1, 0.15) is 6.04 Å². The summed E-state index contributed by atoms with van der Waals surface area (Å²) in [6, 6.07) is -0.0169. The molecule has 2 aromatic heterocycles. The predicted octanol–water partition coefficient (Wildman–Crippen LogP) is -0.413. The molecule has 1 saturated carbocycles. The quantitative estimate of drug-likeness (QED) is 0.710. The molecule has 3 heterocycles. The summed E-state index contributed by atoms with van der Waals surface area (Å²) in [6.07, 6.45) is 2.70. The summed E-state index contributed by atoms with van der Waals surface area (Å²) in [5.74, 6) is 0.951. The maximum Gasteiger partial charge on any atom is 0.165 e. The van der Waals surface area contributed by atoms with Crippen LogP contribution < -0.4 is 5.73 Å². The fraction of sp³-hybridized carbons (Fsp3) is 0.545. The van der Waals surface area contributed by atoms with Crippen molar-refractivity contribution in [2.24, 2.45) is 11.8 Å². The molecule has 0 spiro atoms. The van der Waals surface area contributed by atoms with Crippen molar-refractivity contribution in [2.45, 2.75) is 12.1 Å². The molecule has 2 fully saturated rings. The molecule has 7 nitrogen and oxygen atoms in total. The van der Waals surface area contributed by atoms with E-state index in [0.29, 0.717) is 36.1 Å². The van der Waals surface area contributed by atoms with E-state index in [4.69, 9.17) is 10.5 Å². The second-order valence-corrected chi connectivity index (χ2v) is 4.93. The van der Waals surface area contributed by atoms with E-state index in [2.05, 4.69) is 15.0 Å². The molecule has 94 valence electrons. The van der Waals surface area contributed by atoms with Crippen LogP contribution in [0, 0.1) is 11.8 Å². The summed E-state index contributed by atoms with van der Waals surface area (Å²) in [5, 5.41) is 10.2. The zero-order valence-electron chi connectivity index (χ0n) is 9.60. The van der Waals surface area contributed by atoms with Gasteiger partial charge in [-0.2, -0.15) is 0 Å². The highest BCUT2D eigenvalue weighted by Gasteiger charge is 2.54. The molecule has 2 aliphatic rings. The summed E-state index contributed by atoms with van der Waals surface area (Å²) in [7, 11) is 0. The Morgan fingerprint density at radius 3 is 3.00 bits per heavy atom. The highest BCUT2D eigenvalue weighted by atomic mass is 16.5. The summed E-state index contributed by atoms with van der Waals surface area (Å²) in [4.78, 5) is 12.4. The third-order valence-corrected chi connectivity index (χ3v) is 4.11. The maximum absolute atomic E-state index is 10.2. The van der Waals surface area contributed by atoms with Gasteiger partial charge in [-0.05, 0) is 0 Å². The molecule has 7 heteroatoms. The first-order chi connectivity index (χ1) is 8.77. The Morgan fingerprint density at radius 2 is 2.11 bits per heavy atom. The van der Waals surface area contributed by atoms with Crippen LogP contribution in [0.4, 0.5) is 5.82 Å². The van der Waals surface area contributed by atoms with Crippen molar-refractivity contribution in [3.8, 4) is 0 Å². The molecule has 18 heavy (non-hydrogen) atoms. The van der Waals surface area contributed by atoms with Crippen molar-refractivity contribution in [2.75, 3.05) is 18.9 Å². The summed E-state index contributed by atoms with van der Waals surface area (Å²) < 4.78 is 7.31. The second kappa shape index (κ2) is 3.39. The number of imidazole rings is 1. The fourth-order valence-electron chi connectivity index (χ4n) is 3.11. The lowest BCUT2D eigenvalue weighted by Gasteiger charge is -2.44. The van der Waals surface area contributed by atoms with Crippen LogP contribution in [-0.2, 0) is 4.74 Å². The van der Waals surface area contributed by atoms with Crippen LogP contribution in [0.25, 0.3) is 11.2 Å². The average molecular weight is 247 g/mol. The molecule has 4 rings (SSSR count). The van der Waals surface area contributed by atoms with Gasteiger partial charge in [-0.1, -0.05) is 0 Å². The third-order valence-electron chi connectivity index (χ3n) is 4.11. The van der Waals surface area contributed by atoms with Crippen LogP contribution in [0.3, 0.4) is 0 Å². The first-order valence-electron chi connectivity index (χ1n) is 5.96. The van der Waals surface area contributed by atoms with Crippen molar-refractivity contribution in [3.05, 3.63) is 12.7 Å². The van der Waals surface area contributed by atoms with E-state index in [1.807, 2.05) is 4.57 Å². The molecule has 2 aromatic rings. The van der Waals surface area contributed by atoms with Crippen LogP contribution in [0.5, 0.6) is 0 Å². The zero-order valence-corrected chi connectivity index (χ0v) is 9.60. The maximum atomic E-state index is 10.2. The number of aliphatic hydroxyl groups excluding tert-OH is 1. The Hall–Kier alpha value is -1.73. The monoisotopic (exact) mass is 247 g/mol. The number of nitrogens with two attached hydrogens (primary N) is 1. The van der Waals surface area contributed by atoms with Crippen molar-refractivity contribution in [1.82, 2.24) is 19.5 Å². The number of aromatic nitrogens is 4. The summed E-state index contributed by atoms with van der Waals surface area (Å²) >= 11 is 0. The minimum Gasteiger partial charge on any atom is -0.391 e. The van der Waals surface area contributed by atoms with E-state index < -0.39 is 6.10 Å². The lowest BCUT2D eigenvalue weighted by Crippen LogP contribution is -2.51. The Bertz CT molecular complexity index is 612. The van der Waals surface area contributed by atoms with Crippen LogP contribution in [0.2, 0.25) is 0 Å². The van der Waals surface area contributed by atoms with Gasteiger partial charge in [0.2, 0.25) is 0 Å². The Balaban J connectivity index is 1.81. The molecule has 0 radical (unpaired) electrons. The van der Waals surface area contributed by atoms with Gasteiger partial charge in [0.25, 0.3) is 0 Å². The molecule has 0 amide bonds. The number of anilines is 1. The Morgan fingerprint density at radius 1 is 1.28 bits per heavy atom. The molecular formula is C11H13N5O2. The van der Waals surface area contributed by atoms with E-state index in [1.54, 1.807) is 6.33 Å². The average Bonchev–Trinajstić information content (AvgIpc) is 2.96. The minimum absolute atomic E-state index is 0.0169. The number of nitrogens with zero attached hydrogens (tertiary/aromatic N) is 4. The van der Waals surface area contributed by atoms with Crippen LogP contribution >= 0.6 is 0 Å². The molecular weight excluding hydrogens is 234 g/mol. The fourth-order valence-corrected chi connectivity index (χ4v) is 3.11. The standard InChI is InChI=1S/C11H13N5O2/c12-10-7-11(14-3-13-10)16(4-15-7)8-5-1-18-2-6(5)9(8)17/h3-6,8-9,17H,1-2H2,(H2,12,13,14)/t5-,6+,8+,9+/m1/s1. The first-order valence-corrected chi connectivity index (χ1v) is 5.96. The summed E-state index contributed by atoms with van der Waals surface area (Å²) in [6.45, 7) is 1.33. The Kier molecular flexibility index (Phi) is 1.93. The number of nitrogen functional groups attached to an aromatic ring is 1. The number of ether oxygens (including phenoxy) is 1. The lowest BCUT2D eigenvalue weighted by atomic mass is 9.68. The van der Waals surface area contributed by atoms with Gasteiger partial charge in [0, 0.05) is 11.8 Å². The lowest BCUT2D eigenvalue weighted by molar-refractivity contribution is -0.0639. The smallest absolute Gasteiger partial charge is 0.165 e. The molecule has 3 N–H and O–H groups in total. The predicted molar refractivity (Wildman–Crippen MR) is 62.6 cm³/mol. The number of rotatable bonds is 1. The van der Waals surface area contributed by atoms with Gasteiger partial charge in [0.05, 0.1) is 31.7 Å². The van der Waals surface area contributed by atoms with Crippen molar-refractivity contribution >= 4 is 17.0 Å². The third kappa shape index (κ3) is 1.12. The number of hydrogen-bond donors (Lipinski definition) is 2. The van der Waals surface area contributed by atoms with E-state index >= 15 is 0 Å². The van der Waals surface area contributed by atoms with E-state index in [-0.39, 0.29) is 12.0 Å². The van der Waals surface area contributed by atoms with E-state index in [1.165, 1.54) is 6.33 Å². The number of aliphatic hydroxyl groups is 1. The topological polar surface area (TPSA) is 99.1 Å². The zero-order chi connectivity index (χ0) is 12.3. The van der Waals surface area contributed by atoms with Crippen molar-refractivity contribution in [3.63, 3.8) is 0 Å². The highest BCUT2D eigenvalue weighted by molar-refractivity contribution is 5.81. The minimum atomic E-state index is -0.397. The summed E-state index contributed by atoms with van der Waals surface area (Å²) in [5.41, 5.74) is 7.02. The van der Waals surface area contributed by atoms with Crippen molar-refractivity contribution in [1.29, 1.82) is 0 Å². The van der Waals surface area contributed by atoms with E-state index in [9.17, 15) is 5.11 Å². The molecule has 0 aromatic carbocycles. The second-order valence-electron chi connectivity index (χ2n) is 4.93. The Labute approximate surface area is 103 Å². The largest absolute Gasteiger partial charge is 0.391 e. The molecule has 0 bridgehead atoms. The molecule has 1 aliphatic carbocycles. The molecule has 0 unspecified atom stereocenters. The van der Waals surface area contributed by atoms with Gasteiger partial charge in [0.15, 0.2) is 11.5 Å². The van der Waals surface area contributed by atoms with Gasteiger partial charge < -0.3 is 20.1 Å². The van der Waals surface area contributed by atoms with E-state index in [0.717, 1.165) is 0 Å². The van der Waals surface area contributed by atoms with Crippen molar-refractivity contribution < 1.29 is 9.84 Å². The SMILES string of the molecule is Nc1ncnc2c1ncn2[C@@H]1[C@@H](O)[C@H]2COC[C@H]21. The molecule has 1 saturated heterocycles. The normalized spacial score (nSPS) is 34.5. The number of fused-ring (bicyclic) bond motifs is 2. The van der Waals surface area contributed by atoms with Gasteiger partial charge in [-0.3, -0.25) is 0 Å².